The molecule has 0 radical (unpaired) electrons. The SMILES string of the molecule is CC(C)COc1ccc(C(C)NCc2ccncc2)cc1. The van der Waals surface area contributed by atoms with Gasteiger partial charge in [-0.2, -0.15) is 0 Å². The molecular weight excluding hydrogens is 260 g/mol. The third-order valence-corrected chi connectivity index (χ3v) is 3.33. The van der Waals surface area contributed by atoms with Gasteiger partial charge >= 0.3 is 0 Å². The van der Waals surface area contributed by atoms with E-state index in [0.717, 1.165) is 18.9 Å². The zero-order valence-corrected chi connectivity index (χ0v) is 13.0. The van der Waals surface area contributed by atoms with Gasteiger partial charge in [0.2, 0.25) is 0 Å². The summed E-state index contributed by atoms with van der Waals surface area (Å²) in [4.78, 5) is 4.03. The summed E-state index contributed by atoms with van der Waals surface area (Å²) in [5.74, 6) is 1.49. The first kappa shape index (κ1) is 15.5. The second-order valence-electron chi connectivity index (χ2n) is 5.73. The summed E-state index contributed by atoms with van der Waals surface area (Å²) in [6, 6.07) is 12.7. The van der Waals surface area contributed by atoms with E-state index in [2.05, 4.69) is 43.2 Å². The van der Waals surface area contributed by atoms with E-state index in [4.69, 9.17) is 4.74 Å². The zero-order valence-electron chi connectivity index (χ0n) is 13.0. The minimum atomic E-state index is 0.303. The first-order chi connectivity index (χ1) is 10.1. The number of ether oxygens (including phenoxy) is 1. The van der Waals surface area contributed by atoms with Gasteiger partial charge in [0.15, 0.2) is 0 Å². The van der Waals surface area contributed by atoms with E-state index in [9.17, 15) is 0 Å². The molecule has 2 aromatic rings. The topological polar surface area (TPSA) is 34.1 Å². The van der Waals surface area contributed by atoms with E-state index in [0.29, 0.717) is 12.0 Å². The summed E-state index contributed by atoms with van der Waals surface area (Å²) in [5.41, 5.74) is 2.51. The molecule has 0 saturated heterocycles. The van der Waals surface area contributed by atoms with Crippen LogP contribution in [0.3, 0.4) is 0 Å². The van der Waals surface area contributed by atoms with Crippen molar-refractivity contribution in [3.63, 3.8) is 0 Å². The second kappa shape index (κ2) is 7.79. The van der Waals surface area contributed by atoms with Crippen LogP contribution >= 0.6 is 0 Å². The van der Waals surface area contributed by atoms with Crippen molar-refractivity contribution in [2.75, 3.05) is 6.61 Å². The van der Waals surface area contributed by atoms with Crippen LogP contribution in [0, 0.1) is 5.92 Å². The summed E-state index contributed by atoms with van der Waals surface area (Å²) >= 11 is 0. The molecule has 0 aliphatic carbocycles. The lowest BCUT2D eigenvalue weighted by Gasteiger charge is -2.15. The molecule has 21 heavy (non-hydrogen) atoms. The summed E-state index contributed by atoms with van der Waals surface area (Å²) in [6.07, 6.45) is 3.64. The van der Waals surface area contributed by atoms with Crippen molar-refractivity contribution < 1.29 is 4.74 Å². The van der Waals surface area contributed by atoms with Gasteiger partial charge in [0.05, 0.1) is 6.61 Å². The van der Waals surface area contributed by atoms with Crippen LogP contribution in [0.25, 0.3) is 0 Å². The van der Waals surface area contributed by atoms with Gasteiger partial charge in [0.25, 0.3) is 0 Å². The van der Waals surface area contributed by atoms with E-state index in [1.807, 2.05) is 36.7 Å². The molecule has 3 heteroatoms. The molecule has 0 aliphatic heterocycles. The molecule has 0 spiro atoms. The molecule has 1 N–H and O–H groups in total. The Kier molecular flexibility index (Phi) is 5.76. The van der Waals surface area contributed by atoms with Gasteiger partial charge in [0.1, 0.15) is 5.75 Å². The van der Waals surface area contributed by atoms with Gasteiger partial charge in [-0.25, -0.2) is 0 Å². The molecule has 0 saturated carbocycles. The first-order valence-corrected chi connectivity index (χ1v) is 7.50. The fourth-order valence-corrected chi connectivity index (χ4v) is 2.01. The van der Waals surface area contributed by atoms with Crippen LogP contribution in [-0.2, 0) is 6.54 Å². The van der Waals surface area contributed by atoms with Gasteiger partial charge in [-0.15, -0.1) is 0 Å². The van der Waals surface area contributed by atoms with Crippen molar-refractivity contribution in [2.24, 2.45) is 5.92 Å². The minimum absolute atomic E-state index is 0.303. The van der Waals surface area contributed by atoms with Crippen molar-refractivity contribution >= 4 is 0 Å². The minimum Gasteiger partial charge on any atom is -0.493 e. The summed E-state index contributed by atoms with van der Waals surface area (Å²) < 4.78 is 5.70. The molecule has 0 fully saturated rings. The molecule has 2 rings (SSSR count). The average molecular weight is 284 g/mol. The Morgan fingerprint density at radius 2 is 1.67 bits per heavy atom. The highest BCUT2D eigenvalue weighted by Crippen LogP contribution is 2.18. The number of benzene rings is 1. The van der Waals surface area contributed by atoms with E-state index in [-0.39, 0.29) is 0 Å². The summed E-state index contributed by atoms with van der Waals surface area (Å²) in [7, 11) is 0. The number of hydrogen-bond acceptors (Lipinski definition) is 3. The van der Waals surface area contributed by atoms with Crippen LogP contribution < -0.4 is 10.1 Å². The van der Waals surface area contributed by atoms with E-state index >= 15 is 0 Å². The number of aromatic nitrogens is 1. The third-order valence-electron chi connectivity index (χ3n) is 3.33. The summed E-state index contributed by atoms with van der Waals surface area (Å²) in [6.45, 7) is 8.08. The Hall–Kier alpha value is -1.87. The van der Waals surface area contributed by atoms with E-state index in [1.54, 1.807) is 0 Å². The number of hydrogen-bond donors (Lipinski definition) is 1. The third kappa shape index (κ3) is 5.20. The Morgan fingerprint density at radius 3 is 2.29 bits per heavy atom. The summed E-state index contributed by atoms with van der Waals surface area (Å²) in [5, 5.41) is 3.52. The van der Waals surface area contributed by atoms with Gasteiger partial charge in [-0.1, -0.05) is 26.0 Å². The number of nitrogens with one attached hydrogen (secondary N) is 1. The van der Waals surface area contributed by atoms with Crippen molar-refractivity contribution in [3.05, 3.63) is 59.9 Å². The molecule has 1 heterocycles. The zero-order chi connectivity index (χ0) is 15.1. The number of pyridine rings is 1. The Bertz CT molecular complexity index is 523. The lowest BCUT2D eigenvalue weighted by molar-refractivity contribution is 0.271. The second-order valence-corrected chi connectivity index (χ2v) is 5.73. The Labute approximate surface area is 127 Å². The monoisotopic (exact) mass is 284 g/mol. The lowest BCUT2D eigenvalue weighted by Crippen LogP contribution is -2.18. The maximum Gasteiger partial charge on any atom is 0.119 e. The first-order valence-electron chi connectivity index (χ1n) is 7.50. The van der Waals surface area contributed by atoms with E-state index in [1.165, 1.54) is 11.1 Å². The van der Waals surface area contributed by atoms with E-state index < -0.39 is 0 Å². The Morgan fingerprint density at radius 1 is 1.00 bits per heavy atom. The molecule has 1 aromatic carbocycles. The predicted octanol–water partition coefficient (Wildman–Crippen LogP) is 3.97. The normalized spacial score (nSPS) is 12.4. The van der Waals surface area contributed by atoms with Crippen LogP contribution in [0.4, 0.5) is 0 Å². The quantitative estimate of drug-likeness (QED) is 0.835. The fourth-order valence-electron chi connectivity index (χ4n) is 2.01. The molecule has 1 unspecified atom stereocenters. The average Bonchev–Trinajstić information content (AvgIpc) is 2.52. The predicted molar refractivity (Wildman–Crippen MR) is 86.3 cm³/mol. The van der Waals surface area contributed by atoms with Crippen molar-refractivity contribution in [3.8, 4) is 5.75 Å². The van der Waals surface area contributed by atoms with Crippen LogP contribution in [0.2, 0.25) is 0 Å². The van der Waals surface area contributed by atoms with Crippen LogP contribution in [0.15, 0.2) is 48.8 Å². The molecule has 112 valence electrons. The molecule has 1 atom stereocenters. The van der Waals surface area contributed by atoms with Crippen molar-refractivity contribution in [1.29, 1.82) is 0 Å². The number of rotatable bonds is 7. The molecular formula is C18H24N2O. The van der Waals surface area contributed by atoms with Gasteiger partial charge in [-0.3, -0.25) is 4.98 Å². The number of nitrogens with zero attached hydrogens (tertiary/aromatic N) is 1. The maximum atomic E-state index is 5.70. The lowest BCUT2D eigenvalue weighted by atomic mass is 10.1. The molecule has 0 bridgehead atoms. The Balaban J connectivity index is 1.86. The molecule has 3 nitrogen and oxygen atoms in total. The molecule has 0 amide bonds. The van der Waals surface area contributed by atoms with Crippen LogP contribution in [0.1, 0.15) is 37.9 Å². The smallest absolute Gasteiger partial charge is 0.119 e. The highest BCUT2D eigenvalue weighted by atomic mass is 16.5. The van der Waals surface area contributed by atoms with Crippen LogP contribution in [-0.4, -0.2) is 11.6 Å². The van der Waals surface area contributed by atoms with Gasteiger partial charge in [-0.05, 0) is 48.2 Å². The fraction of sp³-hybridized carbons (Fsp3) is 0.389. The standard InChI is InChI=1S/C18H24N2O/c1-14(2)13-21-18-6-4-17(5-7-18)15(3)20-12-16-8-10-19-11-9-16/h4-11,14-15,20H,12-13H2,1-3H3. The molecule has 1 aromatic heterocycles. The van der Waals surface area contributed by atoms with Gasteiger partial charge < -0.3 is 10.1 Å². The van der Waals surface area contributed by atoms with Crippen molar-refractivity contribution in [1.82, 2.24) is 10.3 Å². The molecule has 0 aliphatic rings. The largest absolute Gasteiger partial charge is 0.493 e. The highest BCUT2D eigenvalue weighted by Gasteiger charge is 2.05. The van der Waals surface area contributed by atoms with Crippen molar-refractivity contribution in [2.45, 2.75) is 33.4 Å². The van der Waals surface area contributed by atoms with Gasteiger partial charge in [0, 0.05) is 25.0 Å². The maximum absolute atomic E-state index is 5.70. The van der Waals surface area contributed by atoms with Crippen LogP contribution in [0.5, 0.6) is 5.75 Å². The highest BCUT2D eigenvalue weighted by molar-refractivity contribution is 5.29.